The molecule has 1 fully saturated rings. The SMILES string of the molecule is COc1cc(CNS(=O)(=O)C2CCNC2)ccn1. The molecule has 100 valence electrons. The van der Waals surface area contributed by atoms with Gasteiger partial charge in [0.05, 0.1) is 12.4 Å². The topological polar surface area (TPSA) is 80.3 Å². The molecule has 18 heavy (non-hydrogen) atoms. The summed E-state index contributed by atoms with van der Waals surface area (Å²) in [7, 11) is -1.72. The van der Waals surface area contributed by atoms with Crippen LogP contribution in [0.1, 0.15) is 12.0 Å². The maximum absolute atomic E-state index is 12.0. The smallest absolute Gasteiger partial charge is 0.216 e. The zero-order valence-corrected chi connectivity index (χ0v) is 11.0. The van der Waals surface area contributed by atoms with E-state index in [1.807, 2.05) is 0 Å². The molecule has 2 rings (SSSR count). The van der Waals surface area contributed by atoms with Crippen LogP contribution in [0.4, 0.5) is 0 Å². The number of sulfonamides is 1. The van der Waals surface area contributed by atoms with Gasteiger partial charge in [0.25, 0.3) is 0 Å². The van der Waals surface area contributed by atoms with Crippen LogP contribution in [0, 0.1) is 0 Å². The van der Waals surface area contributed by atoms with Gasteiger partial charge in [-0.25, -0.2) is 18.1 Å². The first-order chi connectivity index (χ1) is 8.62. The summed E-state index contributed by atoms with van der Waals surface area (Å²) in [6, 6.07) is 3.48. The second-order valence-corrected chi connectivity index (χ2v) is 6.23. The van der Waals surface area contributed by atoms with Gasteiger partial charge >= 0.3 is 0 Å². The number of hydrogen-bond acceptors (Lipinski definition) is 5. The molecule has 1 aromatic heterocycles. The molecule has 7 heteroatoms. The van der Waals surface area contributed by atoms with Crippen LogP contribution in [0.3, 0.4) is 0 Å². The fourth-order valence-corrected chi connectivity index (χ4v) is 3.24. The van der Waals surface area contributed by atoms with Crippen molar-refractivity contribution in [2.45, 2.75) is 18.2 Å². The van der Waals surface area contributed by atoms with Gasteiger partial charge in [-0.05, 0) is 24.6 Å². The molecule has 0 saturated carbocycles. The van der Waals surface area contributed by atoms with Crippen LogP contribution in [-0.2, 0) is 16.6 Å². The minimum atomic E-state index is -3.25. The molecule has 6 nitrogen and oxygen atoms in total. The monoisotopic (exact) mass is 271 g/mol. The molecule has 0 bridgehead atoms. The first kappa shape index (κ1) is 13.3. The lowest BCUT2D eigenvalue weighted by Gasteiger charge is -2.12. The molecular formula is C11H17N3O3S. The number of rotatable bonds is 5. The molecule has 0 aliphatic carbocycles. The Morgan fingerprint density at radius 2 is 2.44 bits per heavy atom. The van der Waals surface area contributed by atoms with Crippen molar-refractivity contribution in [2.75, 3.05) is 20.2 Å². The largest absolute Gasteiger partial charge is 0.481 e. The molecule has 2 N–H and O–H groups in total. The first-order valence-electron chi connectivity index (χ1n) is 5.80. The molecule has 0 aromatic carbocycles. The van der Waals surface area contributed by atoms with Crippen LogP contribution in [0.15, 0.2) is 18.3 Å². The normalized spacial score (nSPS) is 19.9. The molecule has 2 heterocycles. The molecule has 1 aliphatic heterocycles. The van der Waals surface area contributed by atoms with E-state index in [0.29, 0.717) is 18.8 Å². The molecule has 1 aliphatic rings. The summed E-state index contributed by atoms with van der Waals surface area (Å²) in [6.07, 6.45) is 2.26. The zero-order chi connectivity index (χ0) is 13.0. The van der Waals surface area contributed by atoms with Gasteiger partial charge in [-0.2, -0.15) is 0 Å². The number of nitrogens with zero attached hydrogens (tertiary/aromatic N) is 1. The minimum Gasteiger partial charge on any atom is -0.481 e. The Bertz CT molecular complexity index is 498. The highest BCUT2D eigenvalue weighted by molar-refractivity contribution is 7.90. The third kappa shape index (κ3) is 3.18. The molecule has 1 saturated heterocycles. The lowest BCUT2D eigenvalue weighted by molar-refractivity contribution is 0.397. The molecule has 1 unspecified atom stereocenters. The third-order valence-electron chi connectivity index (χ3n) is 2.94. The van der Waals surface area contributed by atoms with Crippen molar-refractivity contribution in [3.05, 3.63) is 23.9 Å². The van der Waals surface area contributed by atoms with Gasteiger partial charge in [0, 0.05) is 25.4 Å². The lowest BCUT2D eigenvalue weighted by Crippen LogP contribution is -2.35. The molecule has 1 aromatic rings. The van der Waals surface area contributed by atoms with Crippen molar-refractivity contribution in [3.8, 4) is 5.88 Å². The van der Waals surface area contributed by atoms with E-state index in [0.717, 1.165) is 12.1 Å². The summed E-state index contributed by atoms with van der Waals surface area (Å²) in [5.74, 6) is 0.481. The highest BCUT2D eigenvalue weighted by Crippen LogP contribution is 2.11. The van der Waals surface area contributed by atoms with Crippen LogP contribution in [0.5, 0.6) is 5.88 Å². The van der Waals surface area contributed by atoms with Crippen molar-refractivity contribution in [1.82, 2.24) is 15.0 Å². The average molecular weight is 271 g/mol. The van der Waals surface area contributed by atoms with Gasteiger partial charge in [-0.3, -0.25) is 0 Å². The molecular weight excluding hydrogens is 254 g/mol. The summed E-state index contributed by atoms with van der Waals surface area (Å²) < 4.78 is 31.5. The molecule has 0 radical (unpaired) electrons. The maximum atomic E-state index is 12.0. The van der Waals surface area contributed by atoms with E-state index in [-0.39, 0.29) is 11.8 Å². The van der Waals surface area contributed by atoms with Crippen molar-refractivity contribution in [1.29, 1.82) is 0 Å². The van der Waals surface area contributed by atoms with E-state index in [2.05, 4.69) is 15.0 Å². The summed E-state index contributed by atoms with van der Waals surface area (Å²) in [5.41, 5.74) is 0.830. The fourth-order valence-electron chi connectivity index (χ4n) is 1.87. The third-order valence-corrected chi connectivity index (χ3v) is 4.77. The van der Waals surface area contributed by atoms with Crippen molar-refractivity contribution < 1.29 is 13.2 Å². The summed E-state index contributed by atoms with van der Waals surface area (Å²) in [5, 5.41) is 2.71. The quantitative estimate of drug-likeness (QED) is 0.780. The van der Waals surface area contributed by atoms with Crippen molar-refractivity contribution >= 4 is 10.0 Å². The zero-order valence-electron chi connectivity index (χ0n) is 10.2. The van der Waals surface area contributed by atoms with E-state index >= 15 is 0 Å². The number of hydrogen-bond donors (Lipinski definition) is 2. The van der Waals surface area contributed by atoms with E-state index in [1.54, 1.807) is 18.3 Å². The maximum Gasteiger partial charge on any atom is 0.216 e. The van der Waals surface area contributed by atoms with Gasteiger partial charge in [0.15, 0.2) is 0 Å². The highest BCUT2D eigenvalue weighted by atomic mass is 32.2. The number of methoxy groups -OCH3 is 1. The Labute approximate surface area is 107 Å². The lowest BCUT2D eigenvalue weighted by atomic mass is 10.3. The summed E-state index contributed by atoms with van der Waals surface area (Å²) in [6.45, 7) is 1.54. The van der Waals surface area contributed by atoms with Crippen molar-refractivity contribution in [3.63, 3.8) is 0 Å². The van der Waals surface area contributed by atoms with Crippen LogP contribution >= 0.6 is 0 Å². The van der Waals surface area contributed by atoms with Gasteiger partial charge in [0.2, 0.25) is 15.9 Å². The van der Waals surface area contributed by atoms with Crippen molar-refractivity contribution in [2.24, 2.45) is 0 Å². The first-order valence-corrected chi connectivity index (χ1v) is 7.34. The van der Waals surface area contributed by atoms with Crippen LogP contribution in [-0.4, -0.2) is 38.9 Å². The van der Waals surface area contributed by atoms with Crippen LogP contribution in [0.2, 0.25) is 0 Å². The predicted octanol–water partition coefficient (Wildman–Crippen LogP) is -0.128. The second kappa shape index (κ2) is 5.64. The summed E-state index contributed by atoms with van der Waals surface area (Å²) >= 11 is 0. The number of aromatic nitrogens is 1. The Morgan fingerprint density at radius 1 is 1.61 bits per heavy atom. The number of nitrogens with one attached hydrogen (secondary N) is 2. The Balaban J connectivity index is 1.97. The Morgan fingerprint density at radius 3 is 3.11 bits per heavy atom. The molecule has 0 amide bonds. The van der Waals surface area contributed by atoms with Gasteiger partial charge in [0.1, 0.15) is 0 Å². The summed E-state index contributed by atoms with van der Waals surface area (Å²) in [4.78, 5) is 3.97. The molecule has 0 spiro atoms. The molecule has 1 atom stereocenters. The standard InChI is InChI=1S/C11H17N3O3S/c1-17-11-6-9(2-5-13-11)7-14-18(15,16)10-3-4-12-8-10/h2,5-6,10,12,14H,3-4,7-8H2,1H3. The van der Waals surface area contributed by atoms with E-state index in [9.17, 15) is 8.42 Å². The average Bonchev–Trinajstić information content (AvgIpc) is 2.91. The number of ether oxygens (including phenoxy) is 1. The fraction of sp³-hybridized carbons (Fsp3) is 0.545. The van der Waals surface area contributed by atoms with E-state index in [4.69, 9.17) is 4.74 Å². The second-order valence-electron chi connectivity index (χ2n) is 4.19. The van der Waals surface area contributed by atoms with E-state index < -0.39 is 10.0 Å². The van der Waals surface area contributed by atoms with E-state index in [1.165, 1.54) is 7.11 Å². The minimum absolute atomic E-state index is 0.262. The van der Waals surface area contributed by atoms with Crippen LogP contribution in [0.25, 0.3) is 0 Å². The van der Waals surface area contributed by atoms with Gasteiger partial charge in [-0.1, -0.05) is 0 Å². The Hall–Kier alpha value is -1.18. The van der Waals surface area contributed by atoms with Crippen LogP contribution < -0.4 is 14.8 Å². The Kier molecular flexibility index (Phi) is 4.15. The highest BCUT2D eigenvalue weighted by Gasteiger charge is 2.27. The number of pyridine rings is 1. The van der Waals surface area contributed by atoms with Gasteiger partial charge < -0.3 is 10.1 Å². The predicted molar refractivity (Wildman–Crippen MR) is 67.8 cm³/mol. The van der Waals surface area contributed by atoms with Gasteiger partial charge in [-0.15, -0.1) is 0 Å².